The van der Waals surface area contributed by atoms with E-state index in [1.54, 1.807) is 0 Å². The van der Waals surface area contributed by atoms with Crippen LogP contribution in [0.3, 0.4) is 0 Å². The van der Waals surface area contributed by atoms with Crippen molar-refractivity contribution in [1.29, 1.82) is 0 Å². The Morgan fingerprint density at radius 3 is 2.43 bits per heavy atom. The fourth-order valence-electron chi connectivity index (χ4n) is 3.40. The lowest BCUT2D eigenvalue weighted by Gasteiger charge is -2.39. The first-order chi connectivity index (χ1) is 16.4. The van der Waals surface area contributed by atoms with Gasteiger partial charge in [-0.05, 0) is 29.8 Å². The van der Waals surface area contributed by atoms with E-state index in [1.165, 1.54) is 41.9 Å². The minimum absolute atomic E-state index is 0.119. The fourth-order valence-corrected chi connectivity index (χ4v) is 7.71. The molecule has 0 bridgehead atoms. The molecule has 0 saturated carbocycles. The van der Waals surface area contributed by atoms with E-state index < -0.39 is 63.6 Å². The third kappa shape index (κ3) is 5.69. The number of hydrogen-bond acceptors (Lipinski definition) is 9. The first-order valence-corrected chi connectivity index (χ1v) is 13.7. The molecule has 2 N–H and O–H groups in total. The molecule has 1 aromatic carbocycles. The molecule has 1 fully saturated rings. The number of carbonyl (C=O) groups is 2. The van der Waals surface area contributed by atoms with Crippen molar-refractivity contribution >= 4 is 43.4 Å². The van der Waals surface area contributed by atoms with Crippen LogP contribution in [0.2, 0.25) is 0 Å². The number of nitrogens with zero attached hydrogens (tertiary/aromatic N) is 3. The number of hydroxylamine groups is 1. The number of thiophene rings is 1. The molecule has 1 amide bonds. The third-order valence-electron chi connectivity index (χ3n) is 5.28. The number of rotatable bonds is 8. The Morgan fingerprint density at radius 1 is 1.17 bits per heavy atom. The van der Waals surface area contributed by atoms with E-state index >= 15 is 0 Å². The number of piperazine rings is 1. The molecule has 1 aromatic heterocycles. The minimum atomic E-state index is -4.28. The zero-order valence-electron chi connectivity index (χ0n) is 18.6. The van der Waals surface area contributed by atoms with Crippen LogP contribution in [0.5, 0.6) is 0 Å². The normalized spacial score (nSPS) is 17.9. The van der Waals surface area contributed by atoms with Crippen LogP contribution in [-0.2, 0) is 34.6 Å². The van der Waals surface area contributed by atoms with Crippen molar-refractivity contribution in [3.05, 3.63) is 42.2 Å². The van der Waals surface area contributed by atoms with E-state index in [1.807, 2.05) is 0 Å². The molecule has 0 spiro atoms. The monoisotopic (exact) mass is 550 g/mol. The van der Waals surface area contributed by atoms with E-state index in [2.05, 4.69) is 4.74 Å². The molecule has 16 heteroatoms. The van der Waals surface area contributed by atoms with E-state index in [0.29, 0.717) is 14.7 Å². The molecule has 1 aliphatic rings. The number of benzene rings is 1. The predicted octanol–water partition coefficient (Wildman–Crippen LogP) is 0.0841. The second-order valence-corrected chi connectivity index (χ2v) is 12.7. The van der Waals surface area contributed by atoms with Crippen LogP contribution >= 0.6 is 11.3 Å². The first-order valence-electron chi connectivity index (χ1n) is 10.0. The van der Waals surface area contributed by atoms with Crippen molar-refractivity contribution in [2.45, 2.75) is 10.3 Å². The standard InChI is InChI=1S/C19H23FN4O8S3/c1-22(12-17(25)32-2)35(30,31)23-9-10-24(15(11-23)19(26)21-27)34(28,29)18-8-7-16(33-18)13-3-5-14(20)6-4-13/h3-8,15,27H,9-12H2,1-2H3,(H,21,26)/t15-/m1/s1. The number of sulfonamides is 1. The molecule has 3 rings (SSSR count). The zero-order valence-corrected chi connectivity index (χ0v) is 21.1. The highest BCUT2D eigenvalue weighted by Crippen LogP contribution is 2.34. The van der Waals surface area contributed by atoms with Crippen molar-refractivity contribution in [3.63, 3.8) is 0 Å². The van der Waals surface area contributed by atoms with Crippen molar-refractivity contribution < 1.29 is 40.8 Å². The highest BCUT2D eigenvalue weighted by molar-refractivity contribution is 7.91. The van der Waals surface area contributed by atoms with Crippen molar-refractivity contribution in [3.8, 4) is 10.4 Å². The summed E-state index contributed by atoms with van der Waals surface area (Å²) >= 11 is 0.897. The molecule has 192 valence electrons. The average Bonchev–Trinajstić information content (AvgIpc) is 3.34. The van der Waals surface area contributed by atoms with Gasteiger partial charge in [-0.15, -0.1) is 11.3 Å². The molecule has 2 aromatic rings. The Kier molecular flexibility index (Phi) is 8.25. The second-order valence-electron chi connectivity index (χ2n) is 7.43. The third-order valence-corrected chi connectivity index (χ3v) is 10.7. The van der Waals surface area contributed by atoms with Crippen LogP contribution in [0, 0.1) is 5.82 Å². The van der Waals surface area contributed by atoms with Gasteiger partial charge < -0.3 is 4.74 Å². The van der Waals surface area contributed by atoms with E-state index in [4.69, 9.17) is 0 Å². The summed E-state index contributed by atoms with van der Waals surface area (Å²) in [6, 6.07) is 6.75. The van der Waals surface area contributed by atoms with Gasteiger partial charge in [-0.1, -0.05) is 12.1 Å². The smallest absolute Gasteiger partial charge is 0.321 e. The number of halogens is 1. The van der Waals surface area contributed by atoms with E-state index in [0.717, 1.165) is 34.1 Å². The van der Waals surface area contributed by atoms with E-state index in [-0.39, 0.29) is 10.8 Å². The number of hydrogen-bond donors (Lipinski definition) is 2. The molecular weight excluding hydrogens is 527 g/mol. The molecule has 0 aliphatic carbocycles. The van der Waals surface area contributed by atoms with Gasteiger partial charge in [0.05, 0.1) is 7.11 Å². The highest BCUT2D eigenvalue weighted by atomic mass is 32.2. The Balaban J connectivity index is 1.87. The molecule has 1 aliphatic heterocycles. The van der Waals surface area contributed by atoms with Gasteiger partial charge in [0, 0.05) is 31.6 Å². The maximum Gasteiger partial charge on any atom is 0.321 e. The van der Waals surface area contributed by atoms with Crippen LogP contribution in [0.4, 0.5) is 4.39 Å². The molecule has 0 unspecified atom stereocenters. The molecule has 2 heterocycles. The second kappa shape index (κ2) is 10.7. The summed E-state index contributed by atoms with van der Waals surface area (Å²) in [6.45, 7) is -1.89. The van der Waals surface area contributed by atoms with Gasteiger partial charge in [-0.2, -0.15) is 21.3 Å². The van der Waals surface area contributed by atoms with Crippen molar-refractivity contribution in [2.75, 3.05) is 40.3 Å². The quantitative estimate of drug-likeness (QED) is 0.266. The molecule has 1 saturated heterocycles. The lowest BCUT2D eigenvalue weighted by Crippen LogP contribution is -2.62. The van der Waals surface area contributed by atoms with Gasteiger partial charge in [0.1, 0.15) is 22.6 Å². The number of methoxy groups -OCH3 is 1. The molecular formula is C19H23FN4O8S3. The Morgan fingerprint density at radius 2 is 1.83 bits per heavy atom. The fraction of sp³-hybridized carbons (Fsp3) is 0.368. The number of ether oxygens (including phenoxy) is 1. The maximum absolute atomic E-state index is 13.4. The predicted molar refractivity (Wildman–Crippen MR) is 122 cm³/mol. The lowest BCUT2D eigenvalue weighted by molar-refractivity contribution is -0.140. The molecule has 0 radical (unpaired) electrons. The first kappa shape index (κ1) is 27.1. The zero-order chi connectivity index (χ0) is 26.0. The SMILES string of the molecule is COC(=O)CN(C)S(=O)(=O)N1CCN(S(=O)(=O)c2ccc(-c3ccc(F)cc3)s2)[C@@H](C(=O)NO)C1. The number of esters is 1. The summed E-state index contributed by atoms with van der Waals surface area (Å²) in [5.74, 6) is -2.38. The molecule has 12 nitrogen and oxygen atoms in total. The van der Waals surface area contributed by atoms with Gasteiger partial charge in [0.25, 0.3) is 26.1 Å². The number of likely N-dealkylation sites (N-methyl/N-ethyl adjacent to an activating group) is 1. The largest absolute Gasteiger partial charge is 0.468 e. The van der Waals surface area contributed by atoms with Crippen LogP contribution in [-0.4, -0.2) is 93.2 Å². The van der Waals surface area contributed by atoms with Crippen LogP contribution < -0.4 is 5.48 Å². The molecule has 35 heavy (non-hydrogen) atoms. The summed E-state index contributed by atoms with van der Waals surface area (Å²) in [4.78, 5) is 24.4. The summed E-state index contributed by atoms with van der Waals surface area (Å²) in [5.41, 5.74) is 1.97. The van der Waals surface area contributed by atoms with Crippen molar-refractivity contribution in [2.24, 2.45) is 0 Å². The van der Waals surface area contributed by atoms with Crippen LogP contribution in [0.1, 0.15) is 0 Å². The summed E-state index contributed by atoms with van der Waals surface area (Å²) in [7, 11) is -6.30. The topological polar surface area (TPSA) is 154 Å². The van der Waals surface area contributed by atoms with Gasteiger partial charge in [-0.25, -0.2) is 18.3 Å². The number of carbonyl (C=O) groups excluding carboxylic acids is 2. The highest BCUT2D eigenvalue weighted by Gasteiger charge is 2.44. The summed E-state index contributed by atoms with van der Waals surface area (Å²) in [6.07, 6.45) is 0. The van der Waals surface area contributed by atoms with Gasteiger partial charge in [0.15, 0.2) is 0 Å². The summed E-state index contributed by atoms with van der Waals surface area (Å²) < 4.78 is 72.4. The van der Waals surface area contributed by atoms with Gasteiger partial charge >= 0.3 is 5.97 Å². The lowest BCUT2D eigenvalue weighted by atomic mass is 10.2. The summed E-state index contributed by atoms with van der Waals surface area (Å²) in [5, 5.41) is 9.18. The average molecular weight is 551 g/mol. The number of amides is 1. The minimum Gasteiger partial charge on any atom is -0.468 e. The Bertz CT molecular complexity index is 1300. The maximum atomic E-state index is 13.4. The van der Waals surface area contributed by atoms with Gasteiger partial charge in [0.2, 0.25) is 0 Å². The van der Waals surface area contributed by atoms with E-state index in [9.17, 15) is 36.0 Å². The Hall–Kier alpha value is -2.47. The van der Waals surface area contributed by atoms with Gasteiger partial charge in [-0.3, -0.25) is 14.8 Å². The van der Waals surface area contributed by atoms with Crippen LogP contribution in [0.15, 0.2) is 40.6 Å². The number of nitrogens with one attached hydrogen (secondary N) is 1. The Labute approximate surface area is 205 Å². The molecule has 1 atom stereocenters. The van der Waals surface area contributed by atoms with Crippen molar-refractivity contribution in [1.82, 2.24) is 18.4 Å². The van der Waals surface area contributed by atoms with Crippen LogP contribution in [0.25, 0.3) is 10.4 Å².